The summed E-state index contributed by atoms with van der Waals surface area (Å²) in [4.78, 5) is 27.0. The molecule has 1 aliphatic heterocycles. The van der Waals surface area contributed by atoms with E-state index in [9.17, 15) is 9.59 Å². The molecule has 1 rings (SSSR count). The average molecular weight is 298 g/mol. The molecule has 0 bridgehead atoms. The van der Waals surface area contributed by atoms with Crippen LogP contribution in [0, 0.1) is 5.92 Å². The van der Waals surface area contributed by atoms with Gasteiger partial charge in [-0.15, -0.1) is 0 Å². The van der Waals surface area contributed by atoms with Crippen LogP contribution in [-0.4, -0.2) is 48.1 Å². The number of hydrogen-bond acceptors (Lipinski definition) is 3. The number of amides is 2. The van der Waals surface area contributed by atoms with E-state index in [0.29, 0.717) is 26.2 Å². The molecule has 5 nitrogen and oxygen atoms in total. The number of hydrogen-bond donors (Lipinski definition) is 1. The van der Waals surface area contributed by atoms with E-state index in [2.05, 4.69) is 5.32 Å². The van der Waals surface area contributed by atoms with Crippen LogP contribution in [0.15, 0.2) is 0 Å². The van der Waals surface area contributed by atoms with Crippen molar-refractivity contribution in [3.8, 4) is 0 Å². The number of nitrogens with zero attached hydrogens (tertiary/aromatic N) is 1. The van der Waals surface area contributed by atoms with Gasteiger partial charge in [0, 0.05) is 19.8 Å². The van der Waals surface area contributed by atoms with Gasteiger partial charge in [0.2, 0.25) is 11.8 Å². The van der Waals surface area contributed by atoms with Gasteiger partial charge in [-0.05, 0) is 32.6 Å². The minimum atomic E-state index is -0.743. The third-order valence-electron chi connectivity index (χ3n) is 4.68. The van der Waals surface area contributed by atoms with Gasteiger partial charge in [-0.2, -0.15) is 0 Å². The van der Waals surface area contributed by atoms with E-state index in [4.69, 9.17) is 4.74 Å². The summed E-state index contributed by atoms with van der Waals surface area (Å²) in [6.45, 7) is 11.7. The lowest BCUT2D eigenvalue weighted by Gasteiger charge is -2.47. The molecule has 1 heterocycles. The molecule has 2 amide bonds. The fourth-order valence-corrected chi connectivity index (χ4v) is 2.69. The van der Waals surface area contributed by atoms with Crippen molar-refractivity contribution in [2.45, 2.75) is 65.5 Å². The van der Waals surface area contributed by atoms with Crippen molar-refractivity contribution >= 4 is 11.8 Å². The van der Waals surface area contributed by atoms with Crippen molar-refractivity contribution in [3.63, 3.8) is 0 Å². The van der Waals surface area contributed by atoms with Crippen molar-refractivity contribution in [2.75, 3.05) is 19.8 Å². The quantitative estimate of drug-likeness (QED) is 0.697. The molecule has 21 heavy (non-hydrogen) atoms. The number of nitrogens with one attached hydrogen (secondary N) is 1. The summed E-state index contributed by atoms with van der Waals surface area (Å²) in [6, 6.07) is -0.394. The SMILES string of the molecule is CCOCCCN1C(=O)C(C(C)CC)NC(=O)C1(C)CC. The molecule has 0 aromatic rings. The van der Waals surface area contributed by atoms with Gasteiger partial charge in [0.25, 0.3) is 0 Å². The van der Waals surface area contributed by atoms with Crippen molar-refractivity contribution < 1.29 is 14.3 Å². The Morgan fingerprint density at radius 3 is 2.52 bits per heavy atom. The summed E-state index contributed by atoms with van der Waals surface area (Å²) >= 11 is 0. The zero-order valence-corrected chi connectivity index (χ0v) is 14.1. The highest BCUT2D eigenvalue weighted by molar-refractivity contribution is 5.99. The number of piperazine rings is 1. The van der Waals surface area contributed by atoms with Crippen LogP contribution in [0.3, 0.4) is 0 Å². The van der Waals surface area contributed by atoms with Gasteiger partial charge in [0.05, 0.1) is 0 Å². The number of ether oxygens (including phenoxy) is 1. The predicted octanol–water partition coefficient (Wildman–Crippen LogP) is 1.95. The molecule has 0 aromatic carbocycles. The molecule has 0 radical (unpaired) electrons. The van der Waals surface area contributed by atoms with E-state index in [1.807, 2.05) is 34.6 Å². The first-order valence-electron chi connectivity index (χ1n) is 8.12. The first-order chi connectivity index (χ1) is 9.92. The molecule has 0 saturated carbocycles. The zero-order valence-electron chi connectivity index (χ0n) is 14.1. The van der Waals surface area contributed by atoms with Crippen molar-refractivity contribution in [1.29, 1.82) is 0 Å². The third kappa shape index (κ3) is 3.76. The van der Waals surface area contributed by atoms with Crippen LogP contribution >= 0.6 is 0 Å². The lowest BCUT2D eigenvalue weighted by molar-refractivity contribution is -0.158. The van der Waals surface area contributed by atoms with Crippen LogP contribution in [0.2, 0.25) is 0 Å². The maximum absolute atomic E-state index is 12.8. The zero-order chi connectivity index (χ0) is 16.0. The van der Waals surface area contributed by atoms with E-state index < -0.39 is 11.6 Å². The van der Waals surface area contributed by atoms with Gasteiger partial charge in [0.1, 0.15) is 11.6 Å². The van der Waals surface area contributed by atoms with Gasteiger partial charge in [0.15, 0.2) is 0 Å². The molecule has 0 aromatic heterocycles. The average Bonchev–Trinajstić information content (AvgIpc) is 2.49. The summed E-state index contributed by atoms with van der Waals surface area (Å²) in [5, 5.41) is 2.93. The van der Waals surface area contributed by atoms with Crippen LogP contribution in [-0.2, 0) is 14.3 Å². The highest BCUT2D eigenvalue weighted by Gasteiger charge is 2.48. The Balaban J connectivity index is 2.88. The van der Waals surface area contributed by atoms with Crippen molar-refractivity contribution in [1.82, 2.24) is 10.2 Å². The Bertz CT molecular complexity index is 373. The molecule has 3 unspecified atom stereocenters. The van der Waals surface area contributed by atoms with Crippen LogP contribution in [0.1, 0.15) is 53.9 Å². The van der Waals surface area contributed by atoms with Crippen molar-refractivity contribution in [3.05, 3.63) is 0 Å². The molecule has 1 aliphatic rings. The highest BCUT2D eigenvalue weighted by Crippen LogP contribution is 2.28. The molecular formula is C16H30N2O3. The number of rotatable bonds is 8. The second-order valence-electron chi connectivity index (χ2n) is 6.00. The molecule has 5 heteroatoms. The fraction of sp³-hybridized carbons (Fsp3) is 0.875. The Kier molecular flexibility index (Phi) is 6.65. The van der Waals surface area contributed by atoms with Crippen LogP contribution in [0.4, 0.5) is 0 Å². The molecule has 0 spiro atoms. The molecular weight excluding hydrogens is 268 g/mol. The number of carbonyl (C=O) groups is 2. The van der Waals surface area contributed by atoms with E-state index in [1.165, 1.54) is 0 Å². The minimum Gasteiger partial charge on any atom is -0.382 e. The third-order valence-corrected chi connectivity index (χ3v) is 4.68. The summed E-state index contributed by atoms with van der Waals surface area (Å²) < 4.78 is 5.35. The fourth-order valence-electron chi connectivity index (χ4n) is 2.69. The lowest BCUT2D eigenvalue weighted by Crippen LogP contribution is -2.70. The molecule has 1 fully saturated rings. The van der Waals surface area contributed by atoms with Crippen LogP contribution < -0.4 is 5.32 Å². The summed E-state index contributed by atoms with van der Waals surface area (Å²) in [5.74, 6) is 0.161. The topological polar surface area (TPSA) is 58.6 Å². The maximum Gasteiger partial charge on any atom is 0.246 e. The second kappa shape index (κ2) is 7.78. The summed E-state index contributed by atoms with van der Waals surface area (Å²) in [7, 11) is 0. The van der Waals surface area contributed by atoms with E-state index >= 15 is 0 Å². The summed E-state index contributed by atoms with van der Waals surface area (Å²) in [5.41, 5.74) is -0.743. The molecule has 122 valence electrons. The van der Waals surface area contributed by atoms with E-state index in [0.717, 1.165) is 12.8 Å². The summed E-state index contributed by atoms with van der Waals surface area (Å²) in [6.07, 6.45) is 2.24. The van der Waals surface area contributed by atoms with E-state index in [-0.39, 0.29) is 17.7 Å². The Morgan fingerprint density at radius 2 is 2.00 bits per heavy atom. The second-order valence-corrected chi connectivity index (χ2v) is 6.00. The molecule has 3 atom stereocenters. The van der Waals surface area contributed by atoms with E-state index in [1.54, 1.807) is 4.90 Å². The van der Waals surface area contributed by atoms with Gasteiger partial charge in [-0.3, -0.25) is 9.59 Å². The monoisotopic (exact) mass is 298 g/mol. The van der Waals surface area contributed by atoms with Gasteiger partial charge < -0.3 is 15.0 Å². The van der Waals surface area contributed by atoms with Gasteiger partial charge in [-0.1, -0.05) is 27.2 Å². The van der Waals surface area contributed by atoms with Crippen LogP contribution in [0.25, 0.3) is 0 Å². The minimum absolute atomic E-state index is 0.0358. The molecule has 1 saturated heterocycles. The Labute approximate surface area is 128 Å². The standard InChI is InChI=1S/C16H30N2O3/c1-6-12(4)13-14(19)18(10-9-11-21-8-3)16(5,7-2)15(20)17-13/h12-13H,6-11H2,1-5H3,(H,17,20). The normalized spacial score (nSPS) is 27.7. The maximum atomic E-state index is 12.8. The Morgan fingerprint density at radius 1 is 1.33 bits per heavy atom. The largest absolute Gasteiger partial charge is 0.382 e. The Hall–Kier alpha value is -1.10. The predicted molar refractivity (Wildman–Crippen MR) is 82.9 cm³/mol. The first-order valence-corrected chi connectivity index (χ1v) is 8.12. The van der Waals surface area contributed by atoms with Crippen molar-refractivity contribution in [2.24, 2.45) is 5.92 Å². The number of carbonyl (C=O) groups excluding carboxylic acids is 2. The first kappa shape index (κ1) is 18.0. The molecule has 0 aliphatic carbocycles. The van der Waals surface area contributed by atoms with Gasteiger partial charge in [-0.25, -0.2) is 0 Å². The van der Waals surface area contributed by atoms with Gasteiger partial charge >= 0.3 is 0 Å². The van der Waals surface area contributed by atoms with Crippen LogP contribution in [0.5, 0.6) is 0 Å². The molecule has 1 N–H and O–H groups in total. The highest BCUT2D eigenvalue weighted by atomic mass is 16.5. The smallest absolute Gasteiger partial charge is 0.246 e. The lowest BCUT2D eigenvalue weighted by atomic mass is 9.86.